The van der Waals surface area contributed by atoms with E-state index >= 15 is 0 Å². The second-order valence-corrected chi connectivity index (χ2v) is 7.28. The first-order valence-electron chi connectivity index (χ1n) is 10.0. The molecule has 7 nitrogen and oxygen atoms in total. The highest BCUT2D eigenvalue weighted by molar-refractivity contribution is 5.85. The summed E-state index contributed by atoms with van der Waals surface area (Å²) in [6, 6.07) is 12.4. The van der Waals surface area contributed by atoms with E-state index in [9.17, 15) is 0 Å². The fourth-order valence-electron chi connectivity index (χ4n) is 3.96. The average molecular weight is 425 g/mol. The van der Waals surface area contributed by atoms with Crippen molar-refractivity contribution in [3.8, 4) is 11.3 Å². The van der Waals surface area contributed by atoms with E-state index in [-0.39, 0.29) is 12.4 Å². The number of nitrogens with two attached hydrogens (primary N) is 1. The van der Waals surface area contributed by atoms with Gasteiger partial charge < -0.3 is 20.3 Å². The number of fused-ring (bicyclic) bond motifs is 1. The number of benzene rings is 1. The largest absolute Gasteiger partial charge is 0.378 e. The van der Waals surface area contributed by atoms with Crippen LogP contribution in [0, 0.1) is 0 Å². The van der Waals surface area contributed by atoms with Gasteiger partial charge in [0.1, 0.15) is 5.82 Å². The molecule has 1 aromatic carbocycles. The highest BCUT2D eigenvalue weighted by atomic mass is 35.5. The zero-order valence-electron chi connectivity index (χ0n) is 16.7. The van der Waals surface area contributed by atoms with Crippen molar-refractivity contribution < 1.29 is 4.74 Å². The molecule has 2 N–H and O–H groups in total. The number of hydrogen-bond acceptors (Lipinski definition) is 7. The van der Waals surface area contributed by atoms with E-state index in [0.29, 0.717) is 19.8 Å². The number of aromatic nitrogens is 3. The van der Waals surface area contributed by atoms with Crippen molar-refractivity contribution in [1.82, 2.24) is 15.0 Å². The number of ether oxygens (including phenoxy) is 1. The highest BCUT2D eigenvalue weighted by Crippen LogP contribution is 2.39. The average Bonchev–Trinajstić information content (AvgIpc) is 3.24. The topological polar surface area (TPSA) is 80.4 Å². The van der Waals surface area contributed by atoms with Crippen LogP contribution in [0.3, 0.4) is 0 Å². The molecule has 0 saturated carbocycles. The van der Waals surface area contributed by atoms with Gasteiger partial charge in [0.15, 0.2) is 0 Å². The summed E-state index contributed by atoms with van der Waals surface area (Å²) in [5, 5.41) is 0. The van der Waals surface area contributed by atoms with Gasteiger partial charge in [-0.25, -0.2) is 4.98 Å². The van der Waals surface area contributed by atoms with Crippen LogP contribution in [0.2, 0.25) is 0 Å². The number of anilines is 3. The van der Waals surface area contributed by atoms with Gasteiger partial charge in [0.25, 0.3) is 0 Å². The molecule has 2 aliphatic heterocycles. The molecule has 30 heavy (non-hydrogen) atoms. The molecule has 0 spiro atoms. The van der Waals surface area contributed by atoms with E-state index in [2.05, 4.69) is 39.0 Å². The molecule has 4 heterocycles. The van der Waals surface area contributed by atoms with Crippen LogP contribution in [0.15, 0.2) is 48.8 Å². The molecule has 1 saturated heterocycles. The molecule has 1 fully saturated rings. The summed E-state index contributed by atoms with van der Waals surface area (Å²) in [6.07, 6.45) is 4.56. The van der Waals surface area contributed by atoms with Crippen LogP contribution < -0.4 is 15.5 Å². The summed E-state index contributed by atoms with van der Waals surface area (Å²) in [7, 11) is 0. The third kappa shape index (κ3) is 3.84. The Labute approximate surface area is 182 Å². The third-order valence-corrected chi connectivity index (χ3v) is 5.55. The minimum absolute atomic E-state index is 0. The Kier molecular flexibility index (Phi) is 6.13. The lowest BCUT2D eigenvalue weighted by atomic mass is 10.0. The van der Waals surface area contributed by atoms with E-state index in [0.717, 1.165) is 60.3 Å². The maximum Gasteiger partial charge on any atom is 0.228 e. The lowest BCUT2D eigenvalue weighted by molar-refractivity contribution is 0.122. The fourth-order valence-corrected chi connectivity index (χ4v) is 3.96. The first-order chi connectivity index (χ1) is 14.3. The molecule has 5 rings (SSSR count). The second kappa shape index (κ2) is 8.95. The Balaban J connectivity index is 0.00000218. The molecule has 2 aliphatic rings. The van der Waals surface area contributed by atoms with Crippen molar-refractivity contribution in [1.29, 1.82) is 0 Å². The van der Waals surface area contributed by atoms with Crippen LogP contribution >= 0.6 is 12.4 Å². The fraction of sp³-hybridized carbons (Fsp3) is 0.318. The molecule has 156 valence electrons. The van der Waals surface area contributed by atoms with Crippen LogP contribution in [0.25, 0.3) is 11.3 Å². The van der Waals surface area contributed by atoms with Crippen LogP contribution in [0.4, 0.5) is 17.5 Å². The van der Waals surface area contributed by atoms with Crippen LogP contribution in [0.5, 0.6) is 0 Å². The van der Waals surface area contributed by atoms with Crippen molar-refractivity contribution in [3.63, 3.8) is 0 Å². The van der Waals surface area contributed by atoms with Crippen molar-refractivity contribution in [2.24, 2.45) is 5.73 Å². The third-order valence-electron chi connectivity index (χ3n) is 5.55. The normalized spacial score (nSPS) is 15.6. The minimum Gasteiger partial charge on any atom is -0.378 e. The van der Waals surface area contributed by atoms with Gasteiger partial charge in [-0.15, -0.1) is 12.4 Å². The monoisotopic (exact) mass is 424 g/mol. The molecule has 0 unspecified atom stereocenters. The summed E-state index contributed by atoms with van der Waals surface area (Å²) < 4.78 is 5.52. The van der Waals surface area contributed by atoms with E-state index in [1.807, 2.05) is 24.5 Å². The predicted molar refractivity (Wildman–Crippen MR) is 121 cm³/mol. The Hall–Kier alpha value is -2.74. The highest BCUT2D eigenvalue weighted by Gasteiger charge is 2.29. The number of halogens is 1. The lowest BCUT2D eigenvalue weighted by Crippen LogP contribution is -2.37. The Bertz CT molecular complexity index is 993. The van der Waals surface area contributed by atoms with Crippen LogP contribution in [-0.2, 0) is 17.7 Å². The maximum absolute atomic E-state index is 5.78. The molecule has 0 atom stereocenters. The smallest absolute Gasteiger partial charge is 0.228 e. The number of morpholine rings is 1. The first kappa shape index (κ1) is 20.5. The van der Waals surface area contributed by atoms with Crippen molar-refractivity contribution in [3.05, 3.63) is 59.9 Å². The van der Waals surface area contributed by atoms with E-state index in [4.69, 9.17) is 20.4 Å². The summed E-state index contributed by atoms with van der Waals surface area (Å²) >= 11 is 0. The van der Waals surface area contributed by atoms with Gasteiger partial charge in [-0.1, -0.05) is 24.3 Å². The molecule has 0 bridgehead atoms. The zero-order valence-corrected chi connectivity index (χ0v) is 17.5. The zero-order chi connectivity index (χ0) is 19.6. The Morgan fingerprint density at radius 2 is 1.67 bits per heavy atom. The number of nitrogens with zero attached hydrogens (tertiary/aromatic N) is 5. The predicted octanol–water partition coefficient (Wildman–Crippen LogP) is 2.95. The second-order valence-electron chi connectivity index (χ2n) is 7.28. The minimum atomic E-state index is 0. The van der Waals surface area contributed by atoms with Crippen LogP contribution in [0.1, 0.15) is 11.1 Å². The lowest BCUT2D eigenvalue weighted by Gasteiger charge is -2.28. The molecule has 0 amide bonds. The molecular weight excluding hydrogens is 400 g/mol. The van der Waals surface area contributed by atoms with Gasteiger partial charge >= 0.3 is 0 Å². The van der Waals surface area contributed by atoms with Gasteiger partial charge in [-0.3, -0.25) is 4.98 Å². The van der Waals surface area contributed by atoms with E-state index in [1.165, 1.54) is 5.56 Å². The first-order valence-corrected chi connectivity index (χ1v) is 10.0. The maximum atomic E-state index is 5.78. The van der Waals surface area contributed by atoms with Crippen molar-refractivity contribution in [2.45, 2.75) is 13.0 Å². The Morgan fingerprint density at radius 3 is 2.37 bits per heavy atom. The van der Waals surface area contributed by atoms with E-state index < -0.39 is 0 Å². The molecule has 0 aliphatic carbocycles. The molecule has 3 aromatic rings. The number of pyridine rings is 1. The van der Waals surface area contributed by atoms with Crippen molar-refractivity contribution >= 4 is 29.9 Å². The van der Waals surface area contributed by atoms with Crippen molar-refractivity contribution in [2.75, 3.05) is 42.6 Å². The molecule has 2 aromatic heterocycles. The standard InChI is InChI=1S/C22H24N6O.ClH/c23-15-16-1-3-17(4-2-16)20-19-7-10-28(18-5-8-24-9-6-18)21(19)26-22(25-20)27-11-13-29-14-12-27;/h1-6,8-9H,7,10-15,23H2;1H. The Morgan fingerprint density at radius 1 is 0.933 bits per heavy atom. The van der Waals surface area contributed by atoms with E-state index in [1.54, 1.807) is 0 Å². The van der Waals surface area contributed by atoms with Gasteiger partial charge in [0.2, 0.25) is 5.95 Å². The van der Waals surface area contributed by atoms with Gasteiger partial charge in [0.05, 0.1) is 18.9 Å². The van der Waals surface area contributed by atoms with Gasteiger partial charge in [-0.05, 0) is 24.1 Å². The number of hydrogen-bond donors (Lipinski definition) is 1. The SMILES string of the molecule is Cl.NCc1ccc(-c2nc(N3CCOCC3)nc3c2CCN3c2ccncc2)cc1. The van der Waals surface area contributed by atoms with Gasteiger partial charge in [-0.2, -0.15) is 4.98 Å². The van der Waals surface area contributed by atoms with Crippen LogP contribution in [-0.4, -0.2) is 47.8 Å². The molecular formula is C22H25ClN6O. The van der Waals surface area contributed by atoms with Gasteiger partial charge in [0, 0.05) is 55.4 Å². The quantitative estimate of drug-likeness (QED) is 0.689. The summed E-state index contributed by atoms with van der Waals surface area (Å²) in [5.74, 6) is 1.76. The summed E-state index contributed by atoms with van der Waals surface area (Å²) in [4.78, 5) is 18.6. The summed E-state index contributed by atoms with van der Waals surface area (Å²) in [5.41, 5.74) is 11.3. The molecule has 0 radical (unpaired) electrons. The summed E-state index contributed by atoms with van der Waals surface area (Å²) in [6.45, 7) is 4.44. The molecule has 8 heteroatoms. The number of rotatable bonds is 4.